The summed E-state index contributed by atoms with van der Waals surface area (Å²) in [7, 11) is 1.62. The second kappa shape index (κ2) is 9.79. The van der Waals surface area contributed by atoms with Crippen molar-refractivity contribution in [1.82, 2.24) is 19.5 Å². The highest BCUT2D eigenvalue weighted by atomic mass is 16.5. The molecular weight excluding hydrogens is 424 g/mol. The van der Waals surface area contributed by atoms with Crippen molar-refractivity contribution in [2.75, 3.05) is 31.0 Å². The Balaban J connectivity index is 1.60. The van der Waals surface area contributed by atoms with Gasteiger partial charge < -0.3 is 25.1 Å². The van der Waals surface area contributed by atoms with E-state index in [1.165, 1.54) is 16.8 Å². The first kappa shape index (κ1) is 21.8. The molecule has 0 atom stereocenters. The summed E-state index contributed by atoms with van der Waals surface area (Å²) < 4.78 is 11.9. The molecule has 0 spiro atoms. The molecule has 168 valence electrons. The van der Waals surface area contributed by atoms with E-state index in [1.807, 2.05) is 24.3 Å². The molecule has 0 saturated heterocycles. The molecule has 10 heteroatoms. The molecule has 4 aromatic rings. The van der Waals surface area contributed by atoms with E-state index in [-0.39, 0.29) is 11.6 Å². The molecule has 0 aliphatic carbocycles. The van der Waals surface area contributed by atoms with Crippen LogP contribution in [0, 0.1) is 0 Å². The molecule has 0 radical (unpaired) electrons. The third-order valence-electron chi connectivity index (χ3n) is 4.65. The summed E-state index contributed by atoms with van der Waals surface area (Å²) in [6.45, 7) is 4.42. The van der Waals surface area contributed by atoms with E-state index < -0.39 is 0 Å². The van der Waals surface area contributed by atoms with Crippen molar-refractivity contribution in [3.05, 3.63) is 77.9 Å². The number of rotatable bonds is 9. The van der Waals surface area contributed by atoms with Crippen molar-refractivity contribution in [2.45, 2.75) is 0 Å². The molecule has 0 saturated carbocycles. The number of nitrogens with one attached hydrogen (secondary N) is 3. The van der Waals surface area contributed by atoms with E-state index in [0.717, 1.165) is 11.4 Å². The topological polar surface area (TPSA) is 123 Å². The Labute approximate surface area is 188 Å². The zero-order valence-corrected chi connectivity index (χ0v) is 17.9. The summed E-state index contributed by atoms with van der Waals surface area (Å²) in [4.78, 5) is 35.8. The molecule has 0 unspecified atom stereocenters. The van der Waals surface area contributed by atoms with Gasteiger partial charge in [-0.25, -0.2) is 14.3 Å². The maximum atomic E-state index is 12.6. The second-order valence-corrected chi connectivity index (χ2v) is 6.93. The Kier molecular flexibility index (Phi) is 6.46. The SMILES string of the molecule is C=CC(=O)Nc1cccc(-n2c(=O)[nH]c3cnc(Nc4ccc(OCCOC)cc4)nc32)c1. The number of nitrogens with zero attached hydrogens (tertiary/aromatic N) is 3. The van der Waals surface area contributed by atoms with Gasteiger partial charge in [-0.1, -0.05) is 12.6 Å². The fraction of sp³-hybridized carbons (Fsp3) is 0.130. The number of benzene rings is 2. The third kappa shape index (κ3) is 5.08. The minimum absolute atomic E-state index is 0.319. The number of hydrogen-bond donors (Lipinski definition) is 3. The van der Waals surface area contributed by atoms with Crippen LogP contribution in [-0.4, -0.2) is 45.7 Å². The van der Waals surface area contributed by atoms with E-state index >= 15 is 0 Å². The molecule has 0 aliphatic heterocycles. The van der Waals surface area contributed by atoms with Crippen LogP contribution >= 0.6 is 0 Å². The van der Waals surface area contributed by atoms with Gasteiger partial charge in [0.2, 0.25) is 11.9 Å². The van der Waals surface area contributed by atoms with Gasteiger partial charge in [0.05, 0.1) is 18.5 Å². The lowest BCUT2D eigenvalue weighted by Crippen LogP contribution is -2.15. The van der Waals surface area contributed by atoms with Crippen LogP contribution in [0.5, 0.6) is 5.75 Å². The highest BCUT2D eigenvalue weighted by Gasteiger charge is 2.13. The van der Waals surface area contributed by atoms with Crippen LogP contribution in [0.15, 0.2) is 72.2 Å². The molecule has 2 heterocycles. The number of carbonyl (C=O) groups is 1. The van der Waals surface area contributed by atoms with Gasteiger partial charge in [0.15, 0.2) is 5.65 Å². The predicted octanol–water partition coefficient (Wildman–Crippen LogP) is 3.00. The van der Waals surface area contributed by atoms with E-state index in [0.29, 0.717) is 41.7 Å². The Hall–Kier alpha value is -4.44. The number of amides is 1. The number of aromatic amines is 1. The first-order valence-corrected chi connectivity index (χ1v) is 10.1. The van der Waals surface area contributed by atoms with Crippen LogP contribution in [0.25, 0.3) is 16.9 Å². The number of hydrogen-bond acceptors (Lipinski definition) is 7. The van der Waals surface area contributed by atoms with Crippen molar-refractivity contribution in [2.24, 2.45) is 0 Å². The number of ether oxygens (including phenoxy) is 2. The second-order valence-electron chi connectivity index (χ2n) is 6.93. The van der Waals surface area contributed by atoms with Crippen molar-refractivity contribution in [3.8, 4) is 11.4 Å². The standard InChI is InChI=1S/C23H22N6O4/c1-3-20(30)25-16-5-4-6-17(13-16)29-21-19(27-23(29)31)14-24-22(28-21)26-15-7-9-18(10-8-15)33-12-11-32-2/h3-10,13-14H,1,11-12H2,2H3,(H,25,30)(H,27,31)(H,24,26,28). The zero-order chi connectivity index (χ0) is 23.2. The van der Waals surface area contributed by atoms with E-state index in [9.17, 15) is 9.59 Å². The monoisotopic (exact) mass is 446 g/mol. The highest BCUT2D eigenvalue weighted by Crippen LogP contribution is 2.21. The fourth-order valence-electron chi connectivity index (χ4n) is 3.12. The molecule has 0 bridgehead atoms. The maximum Gasteiger partial charge on any atom is 0.332 e. The van der Waals surface area contributed by atoms with Gasteiger partial charge in [-0.3, -0.25) is 4.79 Å². The van der Waals surface area contributed by atoms with Gasteiger partial charge >= 0.3 is 5.69 Å². The van der Waals surface area contributed by atoms with E-state index in [4.69, 9.17) is 9.47 Å². The Morgan fingerprint density at radius 3 is 2.76 bits per heavy atom. The molecule has 2 aromatic heterocycles. The molecule has 0 aliphatic rings. The van der Waals surface area contributed by atoms with Crippen LogP contribution in [0.4, 0.5) is 17.3 Å². The zero-order valence-electron chi connectivity index (χ0n) is 17.9. The molecule has 1 amide bonds. The van der Waals surface area contributed by atoms with Crippen LogP contribution in [0.3, 0.4) is 0 Å². The normalized spacial score (nSPS) is 10.7. The number of H-pyrrole nitrogens is 1. The van der Waals surface area contributed by atoms with E-state index in [1.54, 1.807) is 31.4 Å². The van der Waals surface area contributed by atoms with Gasteiger partial charge in [0, 0.05) is 18.5 Å². The van der Waals surface area contributed by atoms with Crippen molar-refractivity contribution in [1.29, 1.82) is 0 Å². The third-order valence-corrected chi connectivity index (χ3v) is 4.65. The predicted molar refractivity (Wildman–Crippen MR) is 125 cm³/mol. The van der Waals surface area contributed by atoms with Gasteiger partial charge in [-0.05, 0) is 48.5 Å². The van der Waals surface area contributed by atoms with Crippen LogP contribution in [-0.2, 0) is 9.53 Å². The van der Waals surface area contributed by atoms with Crippen LogP contribution in [0.2, 0.25) is 0 Å². The van der Waals surface area contributed by atoms with Crippen LogP contribution < -0.4 is 21.1 Å². The summed E-state index contributed by atoms with van der Waals surface area (Å²) in [6.07, 6.45) is 2.71. The number of aromatic nitrogens is 4. The molecule has 10 nitrogen and oxygen atoms in total. The summed E-state index contributed by atoms with van der Waals surface area (Å²) >= 11 is 0. The quantitative estimate of drug-likeness (QED) is 0.267. The van der Waals surface area contributed by atoms with Crippen molar-refractivity contribution < 1.29 is 14.3 Å². The number of fused-ring (bicyclic) bond motifs is 1. The molecule has 4 rings (SSSR count). The minimum atomic E-state index is -0.374. The minimum Gasteiger partial charge on any atom is -0.491 e. The number of methoxy groups -OCH3 is 1. The summed E-state index contributed by atoms with van der Waals surface area (Å²) in [5.74, 6) is 0.693. The van der Waals surface area contributed by atoms with Gasteiger partial charge in [0.25, 0.3) is 0 Å². The molecular formula is C23H22N6O4. The first-order valence-electron chi connectivity index (χ1n) is 10.1. The molecule has 2 aromatic carbocycles. The maximum absolute atomic E-state index is 12.6. The Bertz CT molecular complexity index is 1340. The van der Waals surface area contributed by atoms with Crippen molar-refractivity contribution in [3.63, 3.8) is 0 Å². The van der Waals surface area contributed by atoms with Gasteiger partial charge in [-0.15, -0.1) is 0 Å². The Morgan fingerprint density at radius 2 is 2.00 bits per heavy atom. The lowest BCUT2D eigenvalue weighted by molar-refractivity contribution is -0.111. The first-order chi connectivity index (χ1) is 16.1. The fourth-order valence-corrected chi connectivity index (χ4v) is 3.12. The largest absolute Gasteiger partial charge is 0.491 e. The smallest absolute Gasteiger partial charge is 0.332 e. The summed E-state index contributed by atoms with van der Waals surface area (Å²) in [6, 6.07) is 14.2. The summed E-state index contributed by atoms with van der Waals surface area (Å²) in [5, 5.41) is 5.80. The number of imidazole rings is 1. The van der Waals surface area contributed by atoms with Crippen molar-refractivity contribution >= 4 is 34.4 Å². The highest BCUT2D eigenvalue weighted by molar-refractivity contribution is 5.99. The van der Waals surface area contributed by atoms with Gasteiger partial charge in [-0.2, -0.15) is 4.98 Å². The van der Waals surface area contributed by atoms with Crippen LogP contribution in [0.1, 0.15) is 0 Å². The summed E-state index contributed by atoms with van der Waals surface area (Å²) in [5.41, 5.74) is 2.32. The molecule has 3 N–H and O–H groups in total. The number of anilines is 3. The average Bonchev–Trinajstić information content (AvgIpc) is 3.15. The lowest BCUT2D eigenvalue weighted by Gasteiger charge is -2.09. The molecule has 33 heavy (non-hydrogen) atoms. The van der Waals surface area contributed by atoms with Gasteiger partial charge in [0.1, 0.15) is 17.9 Å². The number of carbonyl (C=O) groups excluding carboxylic acids is 1. The Morgan fingerprint density at radius 1 is 1.18 bits per heavy atom. The average molecular weight is 446 g/mol. The lowest BCUT2D eigenvalue weighted by atomic mass is 10.2. The van der Waals surface area contributed by atoms with E-state index in [2.05, 4.69) is 32.2 Å². The molecule has 0 fully saturated rings.